The summed E-state index contributed by atoms with van der Waals surface area (Å²) in [7, 11) is 1.57. The predicted octanol–water partition coefficient (Wildman–Crippen LogP) is 1.93. The number of ether oxygens (including phenoxy) is 1. The van der Waals surface area contributed by atoms with Gasteiger partial charge in [0.1, 0.15) is 5.75 Å². The van der Waals surface area contributed by atoms with E-state index < -0.39 is 6.09 Å². The first-order valence-electron chi connectivity index (χ1n) is 4.03. The second kappa shape index (κ2) is 4.91. The summed E-state index contributed by atoms with van der Waals surface area (Å²) in [6, 6.07) is 7.34. The summed E-state index contributed by atoms with van der Waals surface area (Å²) in [5, 5.41) is 10.5. The number of hydrogen-bond acceptors (Lipinski definition) is 2. The Morgan fingerprint density at radius 2 is 2.21 bits per heavy atom. The van der Waals surface area contributed by atoms with E-state index in [0.717, 1.165) is 5.56 Å². The molecule has 0 saturated heterocycles. The molecule has 0 aliphatic carbocycles. The summed E-state index contributed by atoms with van der Waals surface area (Å²) < 4.78 is 5.08. The van der Waals surface area contributed by atoms with Gasteiger partial charge in [-0.05, 0) is 12.1 Å². The highest BCUT2D eigenvalue weighted by Crippen LogP contribution is 2.17. The Bertz CT molecular complexity index is 347. The van der Waals surface area contributed by atoms with Gasteiger partial charge in [-0.3, -0.25) is 5.32 Å². The zero-order chi connectivity index (χ0) is 10.4. The van der Waals surface area contributed by atoms with Crippen molar-refractivity contribution in [3.8, 4) is 5.75 Å². The second-order valence-electron chi connectivity index (χ2n) is 2.52. The van der Waals surface area contributed by atoms with E-state index >= 15 is 0 Å². The van der Waals surface area contributed by atoms with E-state index in [4.69, 9.17) is 9.84 Å². The van der Waals surface area contributed by atoms with Gasteiger partial charge in [0.05, 0.1) is 7.11 Å². The summed E-state index contributed by atoms with van der Waals surface area (Å²) in [5.41, 5.74) is 0.823. The molecule has 0 radical (unpaired) electrons. The fraction of sp³-hybridized carbons (Fsp3) is 0.100. The molecule has 0 saturated carbocycles. The molecule has 1 amide bonds. The van der Waals surface area contributed by atoms with Gasteiger partial charge in [0.2, 0.25) is 0 Å². The molecule has 1 rings (SSSR count). The Hall–Kier alpha value is -1.97. The third-order valence-electron chi connectivity index (χ3n) is 1.61. The predicted molar refractivity (Wildman–Crippen MR) is 53.2 cm³/mol. The van der Waals surface area contributed by atoms with Crippen LogP contribution in [0.5, 0.6) is 5.75 Å². The van der Waals surface area contributed by atoms with Crippen LogP contribution in [-0.2, 0) is 0 Å². The van der Waals surface area contributed by atoms with E-state index in [1.54, 1.807) is 19.3 Å². The minimum Gasteiger partial charge on any atom is -0.496 e. The van der Waals surface area contributed by atoms with Crippen LogP contribution in [0.25, 0.3) is 6.08 Å². The summed E-state index contributed by atoms with van der Waals surface area (Å²) in [5.74, 6) is 0.705. The van der Waals surface area contributed by atoms with Crippen LogP contribution in [0.3, 0.4) is 0 Å². The molecule has 2 N–H and O–H groups in total. The van der Waals surface area contributed by atoms with Crippen LogP contribution in [0, 0.1) is 0 Å². The number of hydrogen-bond donors (Lipinski definition) is 2. The van der Waals surface area contributed by atoms with Gasteiger partial charge >= 0.3 is 6.09 Å². The van der Waals surface area contributed by atoms with Crippen molar-refractivity contribution in [1.29, 1.82) is 0 Å². The molecular weight excluding hydrogens is 182 g/mol. The van der Waals surface area contributed by atoms with E-state index in [0.29, 0.717) is 5.75 Å². The molecule has 4 heteroatoms. The molecule has 0 aliphatic rings. The lowest BCUT2D eigenvalue weighted by Crippen LogP contribution is -2.12. The quantitative estimate of drug-likeness (QED) is 0.771. The van der Waals surface area contributed by atoms with Crippen LogP contribution in [-0.4, -0.2) is 18.3 Å². The lowest BCUT2D eigenvalue weighted by atomic mass is 10.2. The van der Waals surface area contributed by atoms with Crippen molar-refractivity contribution in [1.82, 2.24) is 5.32 Å². The number of methoxy groups -OCH3 is 1. The molecule has 0 spiro atoms. The van der Waals surface area contributed by atoms with Crippen molar-refractivity contribution in [3.05, 3.63) is 36.0 Å². The first-order chi connectivity index (χ1) is 6.74. The van der Waals surface area contributed by atoms with E-state index in [9.17, 15) is 4.79 Å². The van der Waals surface area contributed by atoms with Crippen LogP contribution in [0.1, 0.15) is 5.56 Å². The standard InChI is InChI=1S/C10H11NO3/c1-14-9-5-3-2-4-8(9)6-7-11-10(12)13/h2-7,11H,1H3,(H,12,13)/b7-6+. The number of amides is 1. The maximum Gasteiger partial charge on any atom is 0.408 e. The summed E-state index contributed by atoms with van der Waals surface area (Å²) in [4.78, 5) is 10.2. The summed E-state index contributed by atoms with van der Waals surface area (Å²) in [6.07, 6.45) is 1.89. The largest absolute Gasteiger partial charge is 0.496 e. The number of nitrogens with one attached hydrogen (secondary N) is 1. The molecule has 74 valence electrons. The fourth-order valence-electron chi connectivity index (χ4n) is 1.01. The van der Waals surface area contributed by atoms with Gasteiger partial charge in [-0.2, -0.15) is 0 Å². The highest BCUT2D eigenvalue weighted by Gasteiger charge is 1.96. The number of carbonyl (C=O) groups is 1. The summed E-state index contributed by atoms with van der Waals surface area (Å²) >= 11 is 0. The molecule has 0 bridgehead atoms. The molecule has 0 unspecified atom stereocenters. The Morgan fingerprint density at radius 3 is 2.86 bits per heavy atom. The minimum absolute atomic E-state index is 0.705. The topological polar surface area (TPSA) is 58.6 Å². The van der Waals surface area contributed by atoms with E-state index in [1.807, 2.05) is 18.2 Å². The van der Waals surface area contributed by atoms with E-state index in [-0.39, 0.29) is 0 Å². The summed E-state index contributed by atoms with van der Waals surface area (Å²) in [6.45, 7) is 0. The van der Waals surface area contributed by atoms with Crippen LogP contribution in [0.2, 0.25) is 0 Å². The molecule has 0 aromatic heterocycles. The van der Waals surface area contributed by atoms with Gasteiger partial charge in [-0.15, -0.1) is 0 Å². The molecular formula is C10H11NO3. The Morgan fingerprint density at radius 1 is 1.50 bits per heavy atom. The van der Waals surface area contributed by atoms with Crippen LogP contribution in [0.4, 0.5) is 4.79 Å². The molecule has 0 aliphatic heterocycles. The lowest BCUT2D eigenvalue weighted by molar-refractivity contribution is 0.198. The third-order valence-corrected chi connectivity index (χ3v) is 1.61. The number of benzene rings is 1. The molecule has 14 heavy (non-hydrogen) atoms. The van der Waals surface area contributed by atoms with Crippen molar-refractivity contribution in [3.63, 3.8) is 0 Å². The maximum absolute atomic E-state index is 10.2. The zero-order valence-corrected chi connectivity index (χ0v) is 7.73. The monoisotopic (exact) mass is 193 g/mol. The average molecular weight is 193 g/mol. The highest BCUT2D eigenvalue weighted by molar-refractivity contribution is 5.68. The van der Waals surface area contributed by atoms with E-state index in [1.165, 1.54) is 6.20 Å². The van der Waals surface area contributed by atoms with Gasteiger partial charge in [0.25, 0.3) is 0 Å². The first-order valence-corrected chi connectivity index (χ1v) is 4.03. The van der Waals surface area contributed by atoms with Crippen molar-refractivity contribution < 1.29 is 14.6 Å². The van der Waals surface area contributed by atoms with Crippen LogP contribution < -0.4 is 10.1 Å². The Kier molecular flexibility index (Phi) is 3.55. The molecule has 0 fully saturated rings. The minimum atomic E-state index is -1.09. The smallest absolute Gasteiger partial charge is 0.408 e. The van der Waals surface area contributed by atoms with Gasteiger partial charge in [-0.25, -0.2) is 4.79 Å². The van der Waals surface area contributed by atoms with Gasteiger partial charge in [0, 0.05) is 11.8 Å². The van der Waals surface area contributed by atoms with Crippen molar-refractivity contribution in [2.24, 2.45) is 0 Å². The van der Waals surface area contributed by atoms with Crippen LogP contribution in [0.15, 0.2) is 30.5 Å². The van der Waals surface area contributed by atoms with Crippen LogP contribution >= 0.6 is 0 Å². The number of rotatable bonds is 3. The average Bonchev–Trinajstić information content (AvgIpc) is 2.18. The van der Waals surface area contributed by atoms with Gasteiger partial charge in [0.15, 0.2) is 0 Å². The Balaban J connectivity index is 2.75. The molecule has 0 heterocycles. The number of carboxylic acid groups (broad SMARTS) is 1. The zero-order valence-electron chi connectivity index (χ0n) is 7.73. The van der Waals surface area contributed by atoms with Crippen molar-refractivity contribution >= 4 is 12.2 Å². The highest BCUT2D eigenvalue weighted by atomic mass is 16.5. The molecule has 1 aromatic carbocycles. The fourth-order valence-corrected chi connectivity index (χ4v) is 1.01. The molecule has 1 aromatic rings. The van der Waals surface area contributed by atoms with Gasteiger partial charge < -0.3 is 9.84 Å². The first kappa shape index (κ1) is 10.1. The van der Waals surface area contributed by atoms with Crippen molar-refractivity contribution in [2.75, 3.05) is 7.11 Å². The molecule has 0 atom stereocenters. The lowest BCUT2D eigenvalue weighted by Gasteiger charge is -2.02. The second-order valence-corrected chi connectivity index (χ2v) is 2.52. The normalized spacial score (nSPS) is 10.1. The Labute approximate surface area is 81.8 Å². The SMILES string of the molecule is COc1ccccc1/C=C/NC(=O)O. The third kappa shape index (κ3) is 2.82. The van der Waals surface area contributed by atoms with Gasteiger partial charge in [-0.1, -0.05) is 18.2 Å². The molecule has 4 nitrogen and oxygen atoms in total. The van der Waals surface area contributed by atoms with Crippen molar-refractivity contribution in [2.45, 2.75) is 0 Å². The number of para-hydroxylation sites is 1. The maximum atomic E-state index is 10.2. The van der Waals surface area contributed by atoms with E-state index in [2.05, 4.69) is 5.32 Å².